The van der Waals surface area contributed by atoms with Crippen LogP contribution in [-0.4, -0.2) is 26.9 Å². The largest absolute Gasteiger partial charge is 0.496 e. The van der Waals surface area contributed by atoms with E-state index in [0.29, 0.717) is 6.04 Å². The number of imidazole rings is 1. The number of aromatic amines is 1. The van der Waals surface area contributed by atoms with E-state index in [9.17, 15) is 0 Å². The van der Waals surface area contributed by atoms with Crippen LogP contribution in [0.2, 0.25) is 0 Å². The molecule has 2 aromatic carbocycles. The van der Waals surface area contributed by atoms with Gasteiger partial charge in [-0.2, -0.15) is 5.10 Å². The molecule has 126 valence electrons. The maximum absolute atomic E-state index is 5.62. The lowest BCUT2D eigenvalue weighted by molar-refractivity contribution is 0.416. The zero-order chi connectivity index (χ0) is 17.0. The molecular formula is C20H20N4O. The van der Waals surface area contributed by atoms with Gasteiger partial charge in [-0.3, -0.25) is 0 Å². The summed E-state index contributed by atoms with van der Waals surface area (Å²) in [6, 6.07) is 12.8. The van der Waals surface area contributed by atoms with Crippen molar-refractivity contribution in [1.29, 1.82) is 0 Å². The summed E-state index contributed by atoms with van der Waals surface area (Å²) in [7, 11) is 1.70. The van der Waals surface area contributed by atoms with Gasteiger partial charge >= 0.3 is 0 Å². The van der Waals surface area contributed by atoms with Crippen LogP contribution in [0.25, 0.3) is 33.3 Å². The van der Waals surface area contributed by atoms with Crippen molar-refractivity contribution in [3.8, 4) is 17.1 Å². The van der Waals surface area contributed by atoms with Crippen LogP contribution in [0.3, 0.4) is 0 Å². The van der Waals surface area contributed by atoms with Crippen molar-refractivity contribution in [2.75, 3.05) is 7.11 Å². The monoisotopic (exact) mass is 332 g/mol. The summed E-state index contributed by atoms with van der Waals surface area (Å²) in [5.41, 5.74) is 2.89. The molecule has 1 saturated carbocycles. The highest BCUT2D eigenvalue weighted by Crippen LogP contribution is 2.41. The zero-order valence-corrected chi connectivity index (χ0v) is 14.4. The Morgan fingerprint density at radius 2 is 2.04 bits per heavy atom. The summed E-state index contributed by atoms with van der Waals surface area (Å²) >= 11 is 0. The number of hydrogen-bond donors (Lipinski definition) is 1. The predicted molar refractivity (Wildman–Crippen MR) is 98.8 cm³/mol. The van der Waals surface area contributed by atoms with E-state index in [1.54, 1.807) is 7.11 Å². The molecule has 1 aliphatic rings. The molecule has 1 N–H and O–H groups in total. The Morgan fingerprint density at radius 3 is 2.84 bits per heavy atom. The van der Waals surface area contributed by atoms with E-state index < -0.39 is 0 Å². The molecule has 5 nitrogen and oxygen atoms in total. The van der Waals surface area contributed by atoms with Crippen LogP contribution < -0.4 is 4.74 Å². The minimum atomic E-state index is 0.392. The number of nitrogens with zero attached hydrogens (tertiary/aromatic N) is 3. The van der Waals surface area contributed by atoms with E-state index in [4.69, 9.17) is 9.72 Å². The number of fused-ring (bicyclic) bond motifs is 2. The van der Waals surface area contributed by atoms with Crippen molar-refractivity contribution in [3.05, 3.63) is 42.6 Å². The van der Waals surface area contributed by atoms with Gasteiger partial charge in [0.15, 0.2) is 5.65 Å². The van der Waals surface area contributed by atoms with Gasteiger partial charge in [0.05, 0.1) is 24.9 Å². The molecule has 0 amide bonds. The number of ether oxygens (including phenoxy) is 1. The Balaban J connectivity index is 1.72. The van der Waals surface area contributed by atoms with Gasteiger partial charge in [0, 0.05) is 0 Å². The number of aromatic nitrogens is 4. The number of benzene rings is 2. The minimum absolute atomic E-state index is 0.392. The molecule has 4 aromatic rings. The average Bonchev–Trinajstić information content (AvgIpc) is 3.30. The lowest BCUT2D eigenvalue weighted by atomic mass is 10.0. The summed E-state index contributed by atoms with van der Waals surface area (Å²) in [4.78, 5) is 8.34. The minimum Gasteiger partial charge on any atom is -0.496 e. The highest BCUT2D eigenvalue weighted by atomic mass is 16.5. The van der Waals surface area contributed by atoms with Crippen molar-refractivity contribution < 1.29 is 4.74 Å². The topological polar surface area (TPSA) is 55.7 Å². The van der Waals surface area contributed by atoms with Crippen LogP contribution in [0, 0.1) is 5.92 Å². The van der Waals surface area contributed by atoms with Gasteiger partial charge in [0.25, 0.3) is 0 Å². The molecular weight excluding hydrogens is 312 g/mol. The third-order valence-corrected chi connectivity index (χ3v) is 5.28. The van der Waals surface area contributed by atoms with Gasteiger partial charge in [-0.1, -0.05) is 30.3 Å². The highest BCUT2D eigenvalue weighted by molar-refractivity contribution is 5.99. The maximum atomic E-state index is 5.62. The van der Waals surface area contributed by atoms with Crippen molar-refractivity contribution >= 4 is 21.9 Å². The van der Waals surface area contributed by atoms with E-state index in [1.807, 2.05) is 24.4 Å². The molecule has 25 heavy (non-hydrogen) atoms. The predicted octanol–water partition coefficient (Wildman–Crippen LogP) is 4.56. The van der Waals surface area contributed by atoms with Crippen LogP contribution in [0.5, 0.6) is 5.75 Å². The molecule has 0 aliphatic heterocycles. The third-order valence-electron chi connectivity index (χ3n) is 5.28. The van der Waals surface area contributed by atoms with Crippen molar-refractivity contribution in [2.45, 2.75) is 25.8 Å². The smallest absolute Gasteiger partial charge is 0.177 e. The first-order chi connectivity index (χ1) is 12.3. The molecule has 2 heterocycles. The summed E-state index contributed by atoms with van der Waals surface area (Å²) in [5.74, 6) is 2.39. The molecule has 1 fully saturated rings. The molecule has 0 bridgehead atoms. The molecule has 1 unspecified atom stereocenters. The maximum Gasteiger partial charge on any atom is 0.177 e. The van der Waals surface area contributed by atoms with Gasteiger partial charge in [-0.05, 0) is 42.5 Å². The van der Waals surface area contributed by atoms with Crippen LogP contribution in [0.4, 0.5) is 0 Å². The third kappa shape index (κ3) is 2.22. The van der Waals surface area contributed by atoms with Gasteiger partial charge in [0.2, 0.25) is 0 Å². The van der Waals surface area contributed by atoms with Crippen molar-refractivity contribution in [2.24, 2.45) is 5.92 Å². The molecule has 2 aromatic heterocycles. The van der Waals surface area contributed by atoms with Crippen LogP contribution in [-0.2, 0) is 0 Å². The SMILES string of the molecule is COc1ccc2ccccc2c1-c1nc2c(cnn2C(C)C2CC2)[nH]1. The lowest BCUT2D eigenvalue weighted by Gasteiger charge is -2.11. The second-order valence-electron chi connectivity index (χ2n) is 6.85. The van der Waals surface area contributed by atoms with E-state index in [2.05, 4.69) is 39.9 Å². The van der Waals surface area contributed by atoms with Gasteiger partial charge in [0.1, 0.15) is 17.1 Å². The Labute approximate surface area is 145 Å². The first kappa shape index (κ1) is 14.5. The fourth-order valence-electron chi connectivity index (χ4n) is 3.68. The molecule has 0 spiro atoms. The highest BCUT2D eigenvalue weighted by Gasteiger charge is 2.31. The van der Waals surface area contributed by atoms with E-state index in [-0.39, 0.29) is 0 Å². The molecule has 1 aliphatic carbocycles. The Hall–Kier alpha value is -2.82. The van der Waals surface area contributed by atoms with E-state index >= 15 is 0 Å². The number of methoxy groups -OCH3 is 1. The molecule has 5 heteroatoms. The van der Waals surface area contributed by atoms with E-state index in [1.165, 1.54) is 18.2 Å². The molecule has 0 saturated heterocycles. The molecule has 5 rings (SSSR count). The number of H-pyrrole nitrogens is 1. The first-order valence-corrected chi connectivity index (χ1v) is 8.75. The normalized spacial score (nSPS) is 15.8. The number of hydrogen-bond acceptors (Lipinski definition) is 3. The van der Waals surface area contributed by atoms with Gasteiger partial charge in [-0.25, -0.2) is 9.67 Å². The fraction of sp³-hybridized carbons (Fsp3) is 0.300. The summed E-state index contributed by atoms with van der Waals surface area (Å²) < 4.78 is 7.68. The molecule has 0 radical (unpaired) electrons. The fourth-order valence-corrected chi connectivity index (χ4v) is 3.68. The van der Waals surface area contributed by atoms with E-state index in [0.717, 1.165) is 39.6 Å². The number of nitrogens with one attached hydrogen (secondary N) is 1. The summed E-state index contributed by atoms with van der Waals surface area (Å²) in [6.45, 7) is 2.23. The van der Waals surface area contributed by atoms with Crippen LogP contribution in [0.1, 0.15) is 25.8 Å². The average molecular weight is 332 g/mol. The number of rotatable bonds is 4. The van der Waals surface area contributed by atoms with Crippen molar-refractivity contribution in [3.63, 3.8) is 0 Å². The lowest BCUT2D eigenvalue weighted by Crippen LogP contribution is -2.08. The summed E-state index contributed by atoms with van der Waals surface area (Å²) in [6.07, 6.45) is 4.45. The quantitative estimate of drug-likeness (QED) is 0.596. The Bertz CT molecular complexity index is 1070. The first-order valence-electron chi connectivity index (χ1n) is 8.75. The molecule has 1 atom stereocenters. The standard InChI is InChI=1S/C20H20N4O/c1-12(13-7-8-13)24-20-16(11-21-24)22-19(23-20)18-15-6-4-3-5-14(15)9-10-17(18)25-2/h3-6,9-13H,7-8H2,1-2H3,(H,22,23). The zero-order valence-electron chi connectivity index (χ0n) is 14.4. The van der Waals surface area contributed by atoms with Crippen LogP contribution >= 0.6 is 0 Å². The Morgan fingerprint density at radius 1 is 1.20 bits per heavy atom. The van der Waals surface area contributed by atoms with Gasteiger partial charge < -0.3 is 9.72 Å². The summed E-state index contributed by atoms with van der Waals surface area (Å²) in [5, 5.41) is 6.85. The Kier molecular flexibility index (Phi) is 3.10. The van der Waals surface area contributed by atoms with Crippen LogP contribution in [0.15, 0.2) is 42.6 Å². The second kappa shape index (κ2) is 5.34. The van der Waals surface area contributed by atoms with Crippen molar-refractivity contribution in [1.82, 2.24) is 19.7 Å². The second-order valence-corrected chi connectivity index (χ2v) is 6.85. The van der Waals surface area contributed by atoms with Gasteiger partial charge in [-0.15, -0.1) is 0 Å².